The van der Waals surface area contributed by atoms with Crippen molar-refractivity contribution >= 4 is 28.1 Å². The average Bonchev–Trinajstić information content (AvgIpc) is 3.43. The van der Waals surface area contributed by atoms with E-state index >= 15 is 0 Å². The Kier molecular flexibility index (Phi) is 6.80. The SMILES string of the molecule is CCOc1ccc(C2=NN(c3ccc(C(=O)N4CCOCC4)cc3)C(c3ccc4ccccc4c3)C2)cc1. The van der Waals surface area contributed by atoms with Crippen LogP contribution in [0.3, 0.4) is 0 Å². The molecule has 1 amide bonds. The van der Waals surface area contributed by atoms with Crippen LogP contribution in [-0.4, -0.2) is 49.4 Å². The van der Waals surface area contributed by atoms with Gasteiger partial charge in [-0.2, -0.15) is 5.10 Å². The van der Waals surface area contributed by atoms with Crippen LogP contribution in [-0.2, 0) is 4.74 Å². The number of hydrazone groups is 1. The van der Waals surface area contributed by atoms with Gasteiger partial charge in [0.2, 0.25) is 0 Å². The number of amides is 1. The number of ether oxygens (including phenoxy) is 2. The number of nitrogens with zero attached hydrogens (tertiary/aromatic N) is 3. The summed E-state index contributed by atoms with van der Waals surface area (Å²) in [5, 5.41) is 9.64. The van der Waals surface area contributed by atoms with E-state index in [2.05, 4.69) is 59.6 Å². The molecule has 0 saturated carbocycles. The maximum Gasteiger partial charge on any atom is 0.254 e. The first-order valence-electron chi connectivity index (χ1n) is 13.3. The predicted octanol–water partition coefficient (Wildman–Crippen LogP) is 6.07. The highest BCUT2D eigenvalue weighted by atomic mass is 16.5. The molecule has 192 valence electrons. The summed E-state index contributed by atoms with van der Waals surface area (Å²) < 4.78 is 11.0. The van der Waals surface area contributed by atoms with Gasteiger partial charge in [0.05, 0.1) is 37.3 Å². The number of carbonyl (C=O) groups is 1. The summed E-state index contributed by atoms with van der Waals surface area (Å²) in [5.41, 5.74) is 4.97. The largest absolute Gasteiger partial charge is 0.494 e. The van der Waals surface area contributed by atoms with Crippen molar-refractivity contribution in [2.75, 3.05) is 37.9 Å². The second-order valence-electron chi connectivity index (χ2n) is 9.63. The smallest absolute Gasteiger partial charge is 0.254 e. The van der Waals surface area contributed by atoms with Gasteiger partial charge in [-0.3, -0.25) is 9.80 Å². The van der Waals surface area contributed by atoms with Crippen molar-refractivity contribution in [2.24, 2.45) is 5.10 Å². The third kappa shape index (κ3) is 4.87. The van der Waals surface area contributed by atoms with Crippen LogP contribution < -0.4 is 9.75 Å². The summed E-state index contributed by atoms with van der Waals surface area (Å²) in [6.45, 7) is 5.07. The van der Waals surface area contributed by atoms with Crippen molar-refractivity contribution < 1.29 is 14.3 Å². The van der Waals surface area contributed by atoms with Gasteiger partial charge in [0.25, 0.3) is 5.91 Å². The number of benzene rings is 4. The Labute approximate surface area is 223 Å². The first-order valence-corrected chi connectivity index (χ1v) is 13.3. The second kappa shape index (κ2) is 10.7. The first kappa shape index (κ1) is 24.2. The Balaban J connectivity index is 1.32. The van der Waals surface area contributed by atoms with Crippen molar-refractivity contribution in [2.45, 2.75) is 19.4 Å². The minimum absolute atomic E-state index is 0.0435. The summed E-state index contributed by atoms with van der Waals surface area (Å²) >= 11 is 0. The van der Waals surface area contributed by atoms with Crippen LogP contribution in [0.25, 0.3) is 10.8 Å². The number of morpholine rings is 1. The maximum absolute atomic E-state index is 13.0. The van der Waals surface area contributed by atoms with Crippen LogP contribution in [0.15, 0.2) is 96.1 Å². The zero-order valence-corrected chi connectivity index (χ0v) is 21.5. The lowest BCUT2D eigenvalue weighted by Gasteiger charge is -2.27. The molecule has 0 spiro atoms. The van der Waals surface area contributed by atoms with Gasteiger partial charge in [-0.15, -0.1) is 0 Å². The van der Waals surface area contributed by atoms with Crippen LogP contribution in [0.4, 0.5) is 5.69 Å². The van der Waals surface area contributed by atoms with Crippen molar-refractivity contribution in [1.82, 2.24) is 4.90 Å². The minimum Gasteiger partial charge on any atom is -0.494 e. The fraction of sp³-hybridized carbons (Fsp3) is 0.250. The number of hydrogen-bond donors (Lipinski definition) is 0. The topological polar surface area (TPSA) is 54.4 Å². The molecule has 38 heavy (non-hydrogen) atoms. The van der Waals surface area contributed by atoms with E-state index in [1.165, 1.54) is 16.3 Å². The van der Waals surface area contributed by atoms with Gasteiger partial charge >= 0.3 is 0 Å². The third-order valence-corrected chi connectivity index (χ3v) is 7.24. The monoisotopic (exact) mass is 505 g/mol. The molecule has 4 aromatic carbocycles. The molecular weight excluding hydrogens is 474 g/mol. The quantitative estimate of drug-likeness (QED) is 0.319. The lowest BCUT2D eigenvalue weighted by molar-refractivity contribution is 0.0303. The maximum atomic E-state index is 13.0. The molecule has 0 aliphatic carbocycles. The van der Waals surface area contributed by atoms with E-state index in [1.54, 1.807) is 0 Å². The van der Waals surface area contributed by atoms with Gasteiger partial charge in [-0.05, 0) is 83.4 Å². The molecular formula is C32H31N3O3. The highest BCUT2D eigenvalue weighted by molar-refractivity contribution is 6.03. The Bertz CT molecular complexity index is 1460. The van der Waals surface area contributed by atoms with Gasteiger partial charge in [-0.25, -0.2) is 0 Å². The highest BCUT2D eigenvalue weighted by Crippen LogP contribution is 2.38. The second-order valence-corrected chi connectivity index (χ2v) is 9.63. The van der Waals surface area contributed by atoms with Crippen LogP contribution in [0, 0.1) is 0 Å². The average molecular weight is 506 g/mol. The zero-order chi connectivity index (χ0) is 25.9. The van der Waals surface area contributed by atoms with Crippen LogP contribution in [0.2, 0.25) is 0 Å². The molecule has 2 heterocycles. The first-order chi connectivity index (χ1) is 18.7. The lowest BCUT2D eigenvalue weighted by atomic mass is 9.96. The molecule has 6 rings (SSSR count). The molecule has 0 N–H and O–H groups in total. The fourth-order valence-corrected chi connectivity index (χ4v) is 5.21. The van der Waals surface area contributed by atoms with Crippen molar-refractivity contribution in [3.8, 4) is 5.75 Å². The van der Waals surface area contributed by atoms with E-state index < -0.39 is 0 Å². The molecule has 1 atom stereocenters. The molecule has 0 bridgehead atoms. The van der Waals surface area contributed by atoms with E-state index in [4.69, 9.17) is 14.6 Å². The molecule has 0 aromatic heterocycles. The van der Waals surface area contributed by atoms with Crippen molar-refractivity contribution in [1.29, 1.82) is 0 Å². The zero-order valence-electron chi connectivity index (χ0n) is 21.5. The van der Waals surface area contributed by atoms with Gasteiger partial charge in [0.15, 0.2) is 0 Å². The summed E-state index contributed by atoms with van der Waals surface area (Å²) in [6, 6.07) is 31.1. The molecule has 1 unspecified atom stereocenters. The minimum atomic E-state index is 0.0435. The van der Waals surface area contributed by atoms with Gasteiger partial charge < -0.3 is 14.4 Å². The molecule has 2 aliphatic rings. The standard InChI is InChI=1S/C32H31N3O3/c1-2-38-29-15-11-24(12-16-29)30-22-31(27-8-7-23-5-3-4-6-26(23)21-27)35(33-30)28-13-9-25(10-14-28)32(36)34-17-19-37-20-18-34/h3-16,21,31H,2,17-20,22H2,1H3. The van der Waals surface area contributed by atoms with Crippen molar-refractivity contribution in [3.63, 3.8) is 0 Å². The number of fused-ring (bicyclic) bond motifs is 1. The Morgan fingerprint density at radius 3 is 2.39 bits per heavy atom. The van der Waals surface area contributed by atoms with Crippen molar-refractivity contribution in [3.05, 3.63) is 108 Å². The number of rotatable bonds is 6. The summed E-state index contributed by atoms with van der Waals surface area (Å²) in [5.74, 6) is 0.907. The fourth-order valence-electron chi connectivity index (χ4n) is 5.21. The number of hydrogen-bond acceptors (Lipinski definition) is 5. The van der Waals surface area contributed by atoms with Crippen LogP contribution in [0.5, 0.6) is 5.75 Å². The summed E-state index contributed by atoms with van der Waals surface area (Å²) in [6.07, 6.45) is 0.779. The number of carbonyl (C=O) groups excluding carboxylic acids is 1. The summed E-state index contributed by atoms with van der Waals surface area (Å²) in [4.78, 5) is 14.8. The Morgan fingerprint density at radius 1 is 0.921 bits per heavy atom. The normalized spacial score (nSPS) is 17.5. The molecule has 2 aliphatic heterocycles. The van der Waals surface area contributed by atoms with E-state index in [0.29, 0.717) is 38.5 Å². The predicted molar refractivity (Wildman–Crippen MR) is 151 cm³/mol. The Hall–Kier alpha value is -4.16. The molecule has 4 aromatic rings. The van der Waals surface area contributed by atoms with Gasteiger partial charge in [-0.1, -0.05) is 36.4 Å². The number of anilines is 1. The van der Waals surface area contributed by atoms with E-state index in [1.807, 2.05) is 48.2 Å². The molecule has 1 saturated heterocycles. The van der Waals surface area contributed by atoms with E-state index in [9.17, 15) is 4.79 Å². The highest BCUT2D eigenvalue weighted by Gasteiger charge is 2.30. The lowest BCUT2D eigenvalue weighted by Crippen LogP contribution is -2.40. The van der Waals surface area contributed by atoms with Gasteiger partial charge in [0, 0.05) is 25.1 Å². The molecule has 1 fully saturated rings. The van der Waals surface area contributed by atoms with E-state index in [-0.39, 0.29) is 11.9 Å². The molecule has 6 heteroatoms. The van der Waals surface area contributed by atoms with Crippen LogP contribution >= 0.6 is 0 Å². The summed E-state index contributed by atoms with van der Waals surface area (Å²) in [7, 11) is 0. The third-order valence-electron chi connectivity index (χ3n) is 7.24. The van der Waals surface area contributed by atoms with Gasteiger partial charge in [0.1, 0.15) is 5.75 Å². The van der Waals surface area contributed by atoms with Crippen LogP contribution in [0.1, 0.15) is 40.9 Å². The molecule has 6 nitrogen and oxygen atoms in total. The Morgan fingerprint density at radius 2 is 1.66 bits per heavy atom. The van der Waals surface area contributed by atoms with E-state index in [0.717, 1.165) is 29.1 Å². The molecule has 0 radical (unpaired) electrons.